The van der Waals surface area contributed by atoms with Crippen molar-refractivity contribution in [3.63, 3.8) is 0 Å². The van der Waals surface area contributed by atoms with Gasteiger partial charge in [-0.25, -0.2) is 4.98 Å². The van der Waals surface area contributed by atoms with Crippen LogP contribution in [0.4, 0.5) is 0 Å². The SMILES string of the molecule is Cc1ccc(C)c(-c2nncc(Cl)n2)c1. The molecule has 0 bridgehead atoms. The first kappa shape index (κ1) is 10.1. The van der Waals surface area contributed by atoms with Crippen molar-refractivity contribution in [2.45, 2.75) is 13.8 Å². The molecule has 3 nitrogen and oxygen atoms in total. The summed E-state index contributed by atoms with van der Waals surface area (Å²) in [6.07, 6.45) is 1.43. The summed E-state index contributed by atoms with van der Waals surface area (Å²) in [5, 5.41) is 8.12. The Labute approximate surface area is 93.1 Å². The fourth-order valence-electron chi connectivity index (χ4n) is 1.37. The monoisotopic (exact) mass is 219 g/mol. The van der Waals surface area contributed by atoms with Gasteiger partial charge >= 0.3 is 0 Å². The van der Waals surface area contributed by atoms with E-state index in [0.29, 0.717) is 11.0 Å². The van der Waals surface area contributed by atoms with Crippen LogP contribution in [0, 0.1) is 13.8 Å². The molecule has 0 radical (unpaired) electrons. The van der Waals surface area contributed by atoms with Crippen LogP contribution in [0.2, 0.25) is 5.15 Å². The van der Waals surface area contributed by atoms with Gasteiger partial charge in [-0.1, -0.05) is 29.3 Å². The van der Waals surface area contributed by atoms with E-state index in [4.69, 9.17) is 11.6 Å². The van der Waals surface area contributed by atoms with E-state index < -0.39 is 0 Å². The molecule has 76 valence electrons. The number of hydrogen-bond donors (Lipinski definition) is 0. The maximum Gasteiger partial charge on any atom is 0.183 e. The van der Waals surface area contributed by atoms with E-state index in [-0.39, 0.29) is 0 Å². The summed E-state index contributed by atoms with van der Waals surface area (Å²) >= 11 is 5.77. The van der Waals surface area contributed by atoms with Crippen LogP contribution in [0.5, 0.6) is 0 Å². The molecule has 0 saturated carbocycles. The largest absolute Gasteiger partial charge is 0.213 e. The molecule has 0 aliphatic rings. The number of rotatable bonds is 1. The zero-order chi connectivity index (χ0) is 10.8. The first-order valence-corrected chi connectivity index (χ1v) is 4.97. The van der Waals surface area contributed by atoms with E-state index in [1.165, 1.54) is 11.8 Å². The van der Waals surface area contributed by atoms with Gasteiger partial charge in [-0.05, 0) is 25.5 Å². The second-order valence-electron chi connectivity index (χ2n) is 3.42. The van der Waals surface area contributed by atoms with Crippen LogP contribution >= 0.6 is 11.6 Å². The molecule has 4 heteroatoms. The maximum atomic E-state index is 5.77. The predicted octanol–water partition coefficient (Wildman–Crippen LogP) is 2.81. The van der Waals surface area contributed by atoms with Crippen LogP contribution in [-0.2, 0) is 0 Å². The second-order valence-corrected chi connectivity index (χ2v) is 3.81. The van der Waals surface area contributed by atoms with E-state index in [9.17, 15) is 0 Å². The lowest BCUT2D eigenvalue weighted by atomic mass is 10.1. The van der Waals surface area contributed by atoms with E-state index in [1.807, 2.05) is 26.0 Å². The van der Waals surface area contributed by atoms with Crippen LogP contribution < -0.4 is 0 Å². The zero-order valence-corrected chi connectivity index (χ0v) is 9.28. The molecule has 0 saturated heterocycles. The molecule has 0 amide bonds. The average Bonchev–Trinajstić information content (AvgIpc) is 2.22. The van der Waals surface area contributed by atoms with Crippen molar-refractivity contribution in [1.29, 1.82) is 0 Å². The molecule has 0 N–H and O–H groups in total. The summed E-state index contributed by atoms with van der Waals surface area (Å²) in [5.41, 5.74) is 3.26. The normalized spacial score (nSPS) is 10.3. The molecular weight excluding hydrogens is 210 g/mol. The Morgan fingerprint density at radius 3 is 2.73 bits per heavy atom. The fraction of sp³-hybridized carbons (Fsp3) is 0.182. The lowest BCUT2D eigenvalue weighted by Gasteiger charge is -2.04. The van der Waals surface area contributed by atoms with E-state index >= 15 is 0 Å². The quantitative estimate of drug-likeness (QED) is 0.740. The van der Waals surface area contributed by atoms with Gasteiger partial charge in [-0.3, -0.25) is 0 Å². The molecule has 15 heavy (non-hydrogen) atoms. The molecule has 0 aliphatic carbocycles. The van der Waals surface area contributed by atoms with E-state index in [1.54, 1.807) is 0 Å². The Balaban J connectivity index is 2.58. The van der Waals surface area contributed by atoms with Gasteiger partial charge in [0.1, 0.15) is 0 Å². The minimum absolute atomic E-state index is 0.362. The summed E-state index contributed by atoms with van der Waals surface area (Å²) < 4.78 is 0. The number of benzene rings is 1. The Hall–Kier alpha value is -1.48. The minimum atomic E-state index is 0.362. The molecule has 1 aromatic carbocycles. The third-order valence-corrected chi connectivity index (χ3v) is 2.35. The highest BCUT2D eigenvalue weighted by Gasteiger charge is 2.06. The molecule has 2 aromatic rings. The Kier molecular flexibility index (Phi) is 2.64. The molecule has 0 aliphatic heterocycles. The van der Waals surface area contributed by atoms with Gasteiger partial charge in [0, 0.05) is 5.56 Å². The summed E-state index contributed by atoms with van der Waals surface area (Å²) in [5.74, 6) is 0.573. The molecule has 1 heterocycles. The van der Waals surface area contributed by atoms with Crippen molar-refractivity contribution in [3.8, 4) is 11.4 Å². The van der Waals surface area contributed by atoms with Crippen molar-refractivity contribution >= 4 is 11.6 Å². The van der Waals surface area contributed by atoms with Crippen LogP contribution in [0.1, 0.15) is 11.1 Å². The Morgan fingerprint density at radius 2 is 2.00 bits per heavy atom. The van der Waals surface area contributed by atoms with Gasteiger partial charge in [0.15, 0.2) is 11.0 Å². The van der Waals surface area contributed by atoms with Crippen molar-refractivity contribution in [3.05, 3.63) is 40.7 Å². The van der Waals surface area contributed by atoms with Crippen molar-refractivity contribution in [2.75, 3.05) is 0 Å². The first-order valence-electron chi connectivity index (χ1n) is 4.59. The van der Waals surface area contributed by atoms with Gasteiger partial charge in [-0.2, -0.15) is 5.10 Å². The third-order valence-electron chi connectivity index (χ3n) is 2.16. The second kappa shape index (κ2) is 3.95. The van der Waals surface area contributed by atoms with E-state index in [2.05, 4.69) is 21.2 Å². The molecule has 0 unspecified atom stereocenters. The highest BCUT2D eigenvalue weighted by molar-refractivity contribution is 6.29. The number of hydrogen-bond acceptors (Lipinski definition) is 3. The van der Waals surface area contributed by atoms with Crippen LogP contribution in [0.3, 0.4) is 0 Å². The lowest BCUT2D eigenvalue weighted by molar-refractivity contribution is 0.977. The van der Waals surface area contributed by atoms with Gasteiger partial charge in [-0.15, -0.1) is 5.10 Å². The number of halogens is 1. The van der Waals surface area contributed by atoms with Gasteiger partial charge < -0.3 is 0 Å². The first-order chi connectivity index (χ1) is 7.16. The van der Waals surface area contributed by atoms with E-state index in [0.717, 1.165) is 11.1 Å². The van der Waals surface area contributed by atoms with Crippen molar-refractivity contribution in [1.82, 2.24) is 15.2 Å². The van der Waals surface area contributed by atoms with Crippen LogP contribution in [0.15, 0.2) is 24.4 Å². The van der Waals surface area contributed by atoms with Crippen LogP contribution in [0.25, 0.3) is 11.4 Å². The molecule has 0 atom stereocenters. The van der Waals surface area contributed by atoms with Crippen LogP contribution in [-0.4, -0.2) is 15.2 Å². The van der Waals surface area contributed by atoms with Gasteiger partial charge in [0.2, 0.25) is 0 Å². The number of nitrogens with zero attached hydrogens (tertiary/aromatic N) is 3. The summed E-state index contributed by atoms with van der Waals surface area (Å²) in [4.78, 5) is 4.14. The molecule has 0 fully saturated rings. The lowest BCUT2D eigenvalue weighted by Crippen LogP contribution is -1.94. The Morgan fingerprint density at radius 1 is 1.20 bits per heavy atom. The Bertz CT molecular complexity index is 497. The third kappa shape index (κ3) is 2.13. The fourth-order valence-corrected chi connectivity index (χ4v) is 1.50. The highest BCUT2D eigenvalue weighted by Crippen LogP contribution is 2.21. The zero-order valence-electron chi connectivity index (χ0n) is 8.53. The summed E-state index contributed by atoms with van der Waals surface area (Å²) in [6.45, 7) is 4.04. The number of aromatic nitrogens is 3. The van der Waals surface area contributed by atoms with Gasteiger partial charge in [0.25, 0.3) is 0 Å². The molecular formula is C11H10ClN3. The highest BCUT2D eigenvalue weighted by atomic mass is 35.5. The molecule has 1 aromatic heterocycles. The summed E-state index contributed by atoms with van der Waals surface area (Å²) in [7, 11) is 0. The predicted molar refractivity (Wildman–Crippen MR) is 59.7 cm³/mol. The topological polar surface area (TPSA) is 38.7 Å². The van der Waals surface area contributed by atoms with Crippen molar-refractivity contribution in [2.24, 2.45) is 0 Å². The molecule has 2 rings (SSSR count). The van der Waals surface area contributed by atoms with Gasteiger partial charge in [0.05, 0.1) is 6.20 Å². The smallest absolute Gasteiger partial charge is 0.183 e. The minimum Gasteiger partial charge on any atom is -0.213 e. The summed E-state index contributed by atoms with van der Waals surface area (Å²) in [6, 6.07) is 6.12. The standard InChI is InChI=1S/C11H10ClN3/c1-7-3-4-8(2)9(5-7)11-14-10(12)6-13-15-11/h3-6H,1-2H3. The number of aryl methyl sites for hydroxylation is 2. The maximum absolute atomic E-state index is 5.77. The molecule has 0 spiro atoms. The average molecular weight is 220 g/mol. The van der Waals surface area contributed by atoms with Crippen molar-refractivity contribution < 1.29 is 0 Å².